The van der Waals surface area contributed by atoms with Crippen LogP contribution in [0.5, 0.6) is 5.75 Å². The van der Waals surface area contributed by atoms with E-state index in [1.807, 2.05) is 0 Å². The zero-order chi connectivity index (χ0) is 17.8. The van der Waals surface area contributed by atoms with Gasteiger partial charge < -0.3 is 14.2 Å². The van der Waals surface area contributed by atoms with Crippen LogP contribution in [0.25, 0.3) is 0 Å². The van der Waals surface area contributed by atoms with Gasteiger partial charge in [-0.1, -0.05) is 29.3 Å². The van der Waals surface area contributed by atoms with Crippen LogP contribution >= 0.6 is 23.2 Å². The van der Waals surface area contributed by atoms with Gasteiger partial charge in [0.25, 0.3) is 0 Å². The zero-order valence-corrected chi connectivity index (χ0v) is 15.6. The molecule has 0 saturated carbocycles. The Hall–Kier alpha value is -1.79. The van der Waals surface area contributed by atoms with Gasteiger partial charge in [-0.2, -0.15) is 0 Å². The number of rotatable bonds is 7. The largest absolute Gasteiger partial charge is 0.492 e. The molecular weight excluding hydrogens is 363 g/mol. The first-order valence-electron chi connectivity index (χ1n) is 8.28. The van der Waals surface area contributed by atoms with E-state index in [1.165, 1.54) is 0 Å². The van der Waals surface area contributed by atoms with Crippen molar-refractivity contribution in [1.29, 1.82) is 0 Å². The van der Waals surface area contributed by atoms with Gasteiger partial charge in [0.05, 0.1) is 18.2 Å². The van der Waals surface area contributed by atoms with Gasteiger partial charge >= 0.3 is 0 Å². The average Bonchev–Trinajstić information content (AvgIpc) is 3.20. The highest BCUT2D eigenvalue weighted by atomic mass is 35.5. The van der Waals surface area contributed by atoms with Crippen molar-refractivity contribution in [3.05, 3.63) is 39.9 Å². The van der Waals surface area contributed by atoms with Crippen molar-refractivity contribution in [2.75, 3.05) is 13.7 Å². The molecular formula is C17H20Cl2N4O2. The molecule has 0 aliphatic carbocycles. The molecule has 0 saturated heterocycles. The highest BCUT2D eigenvalue weighted by molar-refractivity contribution is 6.42. The molecule has 1 aromatic heterocycles. The molecule has 134 valence electrons. The van der Waals surface area contributed by atoms with Gasteiger partial charge in [-0.15, -0.1) is 10.2 Å². The first-order chi connectivity index (χ1) is 12.1. The molecule has 1 amide bonds. The molecule has 8 heteroatoms. The molecule has 0 atom stereocenters. The van der Waals surface area contributed by atoms with E-state index in [0.717, 1.165) is 31.0 Å². The second kappa shape index (κ2) is 8.06. The third-order valence-corrected chi connectivity index (χ3v) is 5.00. The Morgan fingerprint density at radius 1 is 1.36 bits per heavy atom. The van der Waals surface area contributed by atoms with Gasteiger partial charge in [-0.3, -0.25) is 4.79 Å². The minimum Gasteiger partial charge on any atom is -0.492 e. The Labute approximate surface area is 156 Å². The van der Waals surface area contributed by atoms with Gasteiger partial charge in [-0.25, -0.2) is 0 Å². The summed E-state index contributed by atoms with van der Waals surface area (Å²) < 4.78 is 7.71. The van der Waals surface area contributed by atoms with Gasteiger partial charge in [0.2, 0.25) is 5.91 Å². The summed E-state index contributed by atoms with van der Waals surface area (Å²) in [4.78, 5) is 14.0. The number of fused-ring (bicyclic) bond motifs is 1. The van der Waals surface area contributed by atoms with Gasteiger partial charge in [-0.05, 0) is 25.0 Å². The minimum atomic E-state index is 0.0520. The summed E-state index contributed by atoms with van der Waals surface area (Å²) >= 11 is 12.0. The topological polar surface area (TPSA) is 60.2 Å². The molecule has 0 radical (unpaired) electrons. The van der Waals surface area contributed by atoms with Crippen LogP contribution in [0.1, 0.15) is 30.9 Å². The van der Waals surface area contributed by atoms with Crippen LogP contribution < -0.4 is 4.74 Å². The second-order valence-electron chi connectivity index (χ2n) is 6.04. The van der Waals surface area contributed by atoms with E-state index in [-0.39, 0.29) is 5.91 Å². The van der Waals surface area contributed by atoms with Crippen molar-refractivity contribution < 1.29 is 9.53 Å². The molecule has 0 bridgehead atoms. The van der Waals surface area contributed by atoms with E-state index < -0.39 is 0 Å². The molecule has 1 aromatic carbocycles. The number of hydrogen-bond donors (Lipinski definition) is 0. The lowest BCUT2D eigenvalue weighted by Crippen LogP contribution is -2.27. The number of hydrogen-bond acceptors (Lipinski definition) is 4. The molecule has 2 aromatic rings. The minimum absolute atomic E-state index is 0.0520. The molecule has 1 aliphatic heterocycles. The number of halogens is 2. The molecule has 25 heavy (non-hydrogen) atoms. The number of aryl methyl sites for hydroxylation is 1. The van der Waals surface area contributed by atoms with Crippen molar-refractivity contribution in [2.45, 2.75) is 38.8 Å². The maximum Gasteiger partial charge on any atom is 0.222 e. The van der Waals surface area contributed by atoms with Crippen LogP contribution in [-0.4, -0.2) is 39.2 Å². The normalized spacial score (nSPS) is 12.9. The smallest absolute Gasteiger partial charge is 0.222 e. The summed E-state index contributed by atoms with van der Waals surface area (Å²) in [6.07, 6.45) is 3.06. The Balaban J connectivity index is 1.43. The maximum atomic E-state index is 12.3. The summed E-state index contributed by atoms with van der Waals surface area (Å²) in [5.41, 5.74) is 0. The predicted molar refractivity (Wildman–Crippen MR) is 96.0 cm³/mol. The fourth-order valence-corrected chi connectivity index (χ4v) is 3.17. The second-order valence-corrected chi connectivity index (χ2v) is 6.83. The predicted octanol–water partition coefficient (Wildman–Crippen LogP) is 3.35. The molecule has 0 N–H and O–H groups in total. The van der Waals surface area contributed by atoms with Crippen molar-refractivity contribution in [2.24, 2.45) is 0 Å². The molecule has 2 heterocycles. The SMILES string of the molecule is CN(Cc1nnc2n1CCC2)C(=O)CCCOc1cccc(Cl)c1Cl. The molecule has 1 aliphatic rings. The van der Waals surface area contributed by atoms with E-state index in [9.17, 15) is 4.79 Å². The number of amides is 1. The van der Waals surface area contributed by atoms with Crippen molar-refractivity contribution in [3.8, 4) is 5.75 Å². The van der Waals surface area contributed by atoms with E-state index in [1.54, 1.807) is 30.1 Å². The third kappa shape index (κ3) is 4.25. The highest BCUT2D eigenvalue weighted by Crippen LogP contribution is 2.31. The number of carbonyl (C=O) groups is 1. The number of ether oxygens (including phenoxy) is 1. The standard InChI is InChI=1S/C17H20Cl2N4O2/c1-22(11-15-21-20-14-7-3-9-23(14)15)16(24)8-4-10-25-13-6-2-5-12(18)17(13)19/h2,5-6H,3-4,7-11H2,1H3. The lowest BCUT2D eigenvalue weighted by atomic mass is 10.3. The number of carbonyl (C=O) groups excluding carboxylic acids is 1. The van der Waals surface area contributed by atoms with Gasteiger partial charge in [0, 0.05) is 26.4 Å². The van der Waals surface area contributed by atoms with E-state index in [0.29, 0.717) is 41.8 Å². The van der Waals surface area contributed by atoms with Crippen LogP contribution in [0.2, 0.25) is 10.0 Å². The van der Waals surface area contributed by atoms with E-state index >= 15 is 0 Å². The van der Waals surface area contributed by atoms with Crippen molar-refractivity contribution >= 4 is 29.1 Å². The molecule has 0 spiro atoms. The van der Waals surface area contributed by atoms with E-state index in [4.69, 9.17) is 27.9 Å². The molecule has 3 rings (SSSR count). The zero-order valence-electron chi connectivity index (χ0n) is 14.0. The van der Waals surface area contributed by atoms with Crippen molar-refractivity contribution in [1.82, 2.24) is 19.7 Å². The Morgan fingerprint density at radius 2 is 2.20 bits per heavy atom. The van der Waals surface area contributed by atoms with Crippen LogP contribution in [0, 0.1) is 0 Å². The number of benzene rings is 1. The van der Waals surface area contributed by atoms with Crippen LogP contribution in [0.3, 0.4) is 0 Å². The number of nitrogens with zero attached hydrogens (tertiary/aromatic N) is 4. The summed E-state index contributed by atoms with van der Waals surface area (Å²) in [6, 6.07) is 5.24. The molecule has 0 fully saturated rings. The first kappa shape index (κ1) is 18.0. The summed E-state index contributed by atoms with van der Waals surface area (Å²) in [6.45, 7) is 1.82. The van der Waals surface area contributed by atoms with E-state index in [2.05, 4.69) is 14.8 Å². The summed E-state index contributed by atoms with van der Waals surface area (Å²) in [5, 5.41) is 9.20. The maximum absolute atomic E-state index is 12.3. The van der Waals surface area contributed by atoms with Gasteiger partial charge in [0.1, 0.15) is 16.6 Å². The average molecular weight is 383 g/mol. The number of aromatic nitrogens is 3. The Morgan fingerprint density at radius 3 is 3.04 bits per heavy atom. The lowest BCUT2D eigenvalue weighted by Gasteiger charge is -2.17. The first-order valence-corrected chi connectivity index (χ1v) is 9.03. The monoisotopic (exact) mass is 382 g/mol. The summed E-state index contributed by atoms with van der Waals surface area (Å²) in [7, 11) is 1.79. The summed E-state index contributed by atoms with van der Waals surface area (Å²) in [5.74, 6) is 2.46. The van der Waals surface area contributed by atoms with Crippen LogP contribution in [0.15, 0.2) is 18.2 Å². The van der Waals surface area contributed by atoms with Crippen molar-refractivity contribution in [3.63, 3.8) is 0 Å². The molecule has 0 unspecified atom stereocenters. The highest BCUT2D eigenvalue weighted by Gasteiger charge is 2.19. The third-order valence-electron chi connectivity index (χ3n) is 4.20. The fourth-order valence-electron chi connectivity index (χ4n) is 2.82. The Kier molecular flexibility index (Phi) is 5.81. The quantitative estimate of drug-likeness (QED) is 0.688. The lowest BCUT2D eigenvalue weighted by molar-refractivity contribution is -0.130. The van der Waals surface area contributed by atoms with Crippen LogP contribution in [-0.2, 0) is 24.3 Å². The fraction of sp³-hybridized carbons (Fsp3) is 0.471. The van der Waals surface area contributed by atoms with Crippen LogP contribution in [0.4, 0.5) is 0 Å². The molecule has 6 nitrogen and oxygen atoms in total. The van der Waals surface area contributed by atoms with Gasteiger partial charge in [0.15, 0.2) is 5.82 Å². The Bertz CT molecular complexity index is 763.